The van der Waals surface area contributed by atoms with Crippen LogP contribution in [0.5, 0.6) is 5.75 Å². The Labute approximate surface area is 187 Å². The summed E-state index contributed by atoms with van der Waals surface area (Å²) >= 11 is 18.1. The lowest BCUT2D eigenvalue weighted by molar-refractivity contribution is 0.0673. The maximum Gasteiger partial charge on any atom is 0.275 e. The first-order valence-electron chi connectivity index (χ1n) is 9.16. The molecule has 0 spiro atoms. The van der Waals surface area contributed by atoms with Crippen molar-refractivity contribution in [1.29, 1.82) is 0 Å². The number of aromatic nitrogens is 3. The summed E-state index contributed by atoms with van der Waals surface area (Å²) < 4.78 is 8.83. The zero-order chi connectivity index (χ0) is 21.4. The molecule has 10 heteroatoms. The molecule has 1 amide bonds. The van der Waals surface area contributed by atoms with Gasteiger partial charge < -0.3 is 18.8 Å². The van der Waals surface area contributed by atoms with Crippen LogP contribution in [0.15, 0.2) is 41.6 Å². The number of pyridine rings is 1. The van der Waals surface area contributed by atoms with Gasteiger partial charge in [-0.1, -0.05) is 34.8 Å². The number of aryl methyl sites for hydroxylation is 1. The van der Waals surface area contributed by atoms with Crippen LogP contribution < -0.4 is 10.3 Å². The second-order valence-corrected chi connectivity index (χ2v) is 8.04. The zero-order valence-electron chi connectivity index (χ0n) is 15.9. The van der Waals surface area contributed by atoms with Gasteiger partial charge in [0.25, 0.3) is 11.5 Å². The highest BCUT2D eigenvalue weighted by Gasteiger charge is 2.26. The van der Waals surface area contributed by atoms with Crippen molar-refractivity contribution in [3.63, 3.8) is 0 Å². The van der Waals surface area contributed by atoms with Crippen molar-refractivity contribution in [3.05, 3.63) is 73.6 Å². The van der Waals surface area contributed by atoms with E-state index in [4.69, 9.17) is 39.5 Å². The fraction of sp³-hybridized carbons (Fsp3) is 0.250. The molecule has 0 saturated carbocycles. The van der Waals surface area contributed by atoms with Gasteiger partial charge in [0.2, 0.25) is 0 Å². The van der Waals surface area contributed by atoms with E-state index in [-0.39, 0.29) is 23.1 Å². The molecule has 3 heterocycles. The van der Waals surface area contributed by atoms with Crippen LogP contribution in [-0.2, 0) is 6.54 Å². The first-order valence-corrected chi connectivity index (χ1v) is 10.3. The van der Waals surface area contributed by atoms with Crippen LogP contribution in [-0.4, -0.2) is 44.6 Å². The summed E-state index contributed by atoms with van der Waals surface area (Å²) in [5, 5.41) is 0.973. The number of carbonyl (C=O) groups is 1. The van der Waals surface area contributed by atoms with Gasteiger partial charge in [-0.05, 0) is 25.1 Å². The summed E-state index contributed by atoms with van der Waals surface area (Å²) in [5.41, 5.74) is 1.38. The minimum atomic E-state index is -0.231. The maximum atomic E-state index is 12.9. The van der Waals surface area contributed by atoms with Crippen LogP contribution in [0, 0.1) is 6.92 Å². The molecule has 1 aliphatic heterocycles. The van der Waals surface area contributed by atoms with Crippen molar-refractivity contribution >= 4 is 40.7 Å². The fourth-order valence-corrected chi connectivity index (χ4v) is 3.96. The number of ether oxygens (including phenoxy) is 1. The average Bonchev–Trinajstić information content (AvgIpc) is 3.13. The van der Waals surface area contributed by atoms with Crippen molar-refractivity contribution in [2.45, 2.75) is 13.5 Å². The molecule has 0 atom stereocenters. The number of halogens is 3. The molecule has 0 unspecified atom stereocenters. The highest BCUT2D eigenvalue weighted by molar-refractivity contribution is 6.44. The van der Waals surface area contributed by atoms with Crippen LogP contribution in [0.4, 0.5) is 0 Å². The summed E-state index contributed by atoms with van der Waals surface area (Å²) in [7, 11) is 0. The smallest absolute Gasteiger partial charge is 0.275 e. The van der Waals surface area contributed by atoms with Gasteiger partial charge in [-0.3, -0.25) is 9.59 Å². The molecule has 1 aromatic carbocycles. The molecular weight excluding hydrogens is 451 g/mol. The van der Waals surface area contributed by atoms with Crippen molar-refractivity contribution < 1.29 is 9.53 Å². The van der Waals surface area contributed by atoms with E-state index in [2.05, 4.69) is 4.98 Å². The van der Waals surface area contributed by atoms with Gasteiger partial charge in [0.15, 0.2) is 0 Å². The van der Waals surface area contributed by atoms with E-state index in [9.17, 15) is 9.59 Å². The number of imidazole rings is 1. The van der Waals surface area contributed by atoms with Crippen LogP contribution in [0.3, 0.4) is 0 Å². The molecule has 7 nitrogen and oxygen atoms in total. The van der Waals surface area contributed by atoms with Crippen molar-refractivity contribution in [1.82, 2.24) is 19.0 Å². The minimum Gasteiger partial charge on any atom is -0.490 e. The molecule has 0 aliphatic carbocycles. The van der Waals surface area contributed by atoms with E-state index >= 15 is 0 Å². The third-order valence-electron chi connectivity index (χ3n) is 4.82. The number of hydrogen-bond donors (Lipinski definition) is 0. The van der Waals surface area contributed by atoms with Gasteiger partial charge >= 0.3 is 0 Å². The standard InChI is InChI=1S/C20H17Cl3N4O3/c1-12-10-26(11-24-12)15-2-3-16-19(28)25(4-5-27(16)20(15)29)6-7-30-17-9-13(21)8-14(22)18(17)23/h2-3,8-11H,4-7H2,1H3. The van der Waals surface area contributed by atoms with Crippen LogP contribution in [0.2, 0.25) is 15.1 Å². The quantitative estimate of drug-likeness (QED) is 0.535. The van der Waals surface area contributed by atoms with Crippen molar-refractivity contribution in [2.75, 3.05) is 19.7 Å². The lowest BCUT2D eigenvalue weighted by Gasteiger charge is -2.29. The second-order valence-electron chi connectivity index (χ2n) is 6.82. The molecule has 156 valence electrons. The lowest BCUT2D eigenvalue weighted by atomic mass is 10.2. The first kappa shape index (κ1) is 20.8. The summed E-state index contributed by atoms with van der Waals surface area (Å²) in [6.45, 7) is 3.17. The Morgan fingerprint density at radius 2 is 1.93 bits per heavy atom. The van der Waals surface area contributed by atoms with Crippen LogP contribution in [0.25, 0.3) is 5.69 Å². The number of rotatable bonds is 5. The summed E-state index contributed by atoms with van der Waals surface area (Å²) in [6.07, 6.45) is 3.35. The molecule has 3 aromatic rings. The predicted octanol–water partition coefficient (Wildman–Crippen LogP) is 3.84. The average molecular weight is 468 g/mol. The molecule has 1 aliphatic rings. The fourth-order valence-electron chi connectivity index (χ4n) is 3.33. The number of hydrogen-bond acceptors (Lipinski definition) is 4. The molecule has 0 N–H and O–H groups in total. The Morgan fingerprint density at radius 1 is 1.13 bits per heavy atom. The lowest BCUT2D eigenvalue weighted by Crippen LogP contribution is -2.46. The van der Waals surface area contributed by atoms with Gasteiger partial charge in [0.1, 0.15) is 28.8 Å². The normalized spacial score (nSPS) is 13.5. The summed E-state index contributed by atoms with van der Waals surface area (Å²) in [6, 6.07) is 6.40. The van der Waals surface area contributed by atoms with Gasteiger partial charge in [0.05, 0.1) is 23.6 Å². The number of fused-ring (bicyclic) bond motifs is 1. The molecule has 0 saturated heterocycles. The second kappa shape index (κ2) is 8.34. The number of nitrogens with zero attached hydrogens (tertiary/aromatic N) is 4. The predicted molar refractivity (Wildman–Crippen MR) is 115 cm³/mol. The zero-order valence-corrected chi connectivity index (χ0v) is 18.2. The molecular formula is C20H17Cl3N4O3. The number of benzene rings is 1. The number of carbonyl (C=O) groups excluding carboxylic acids is 1. The maximum absolute atomic E-state index is 12.9. The Bertz CT molecular complexity index is 1190. The Kier molecular flexibility index (Phi) is 5.77. The van der Waals surface area contributed by atoms with E-state index in [1.165, 1.54) is 10.6 Å². The minimum absolute atomic E-state index is 0.207. The van der Waals surface area contributed by atoms with E-state index in [0.29, 0.717) is 46.8 Å². The van der Waals surface area contributed by atoms with Crippen molar-refractivity contribution in [3.8, 4) is 11.4 Å². The van der Waals surface area contributed by atoms with E-state index < -0.39 is 0 Å². The Balaban J connectivity index is 1.48. The van der Waals surface area contributed by atoms with E-state index in [1.54, 1.807) is 40.2 Å². The van der Waals surface area contributed by atoms with Gasteiger partial charge in [0, 0.05) is 30.4 Å². The van der Waals surface area contributed by atoms with Gasteiger partial charge in [-0.25, -0.2) is 4.98 Å². The summed E-state index contributed by atoms with van der Waals surface area (Å²) in [5.74, 6) is 0.126. The number of amides is 1. The third-order valence-corrected chi connectivity index (χ3v) is 5.83. The Morgan fingerprint density at radius 3 is 2.67 bits per heavy atom. The molecule has 0 fully saturated rings. The highest BCUT2D eigenvalue weighted by Crippen LogP contribution is 2.35. The molecule has 0 bridgehead atoms. The van der Waals surface area contributed by atoms with Gasteiger partial charge in [-0.2, -0.15) is 0 Å². The van der Waals surface area contributed by atoms with Crippen LogP contribution in [0.1, 0.15) is 16.2 Å². The SMILES string of the molecule is Cc1cn(-c2ccc3n(c2=O)CCN(CCOc2cc(Cl)cc(Cl)c2Cl)C3=O)cn1. The largest absolute Gasteiger partial charge is 0.490 e. The highest BCUT2D eigenvalue weighted by atomic mass is 35.5. The molecule has 0 radical (unpaired) electrons. The van der Waals surface area contributed by atoms with Gasteiger partial charge in [-0.15, -0.1) is 0 Å². The van der Waals surface area contributed by atoms with E-state index in [1.807, 2.05) is 6.92 Å². The molecule has 30 heavy (non-hydrogen) atoms. The molecule has 4 rings (SSSR count). The van der Waals surface area contributed by atoms with Crippen molar-refractivity contribution in [2.24, 2.45) is 0 Å². The first-order chi connectivity index (χ1) is 14.3. The third kappa shape index (κ3) is 3.93. The van der Waals surface area contributed by atoms with Crippen LogP contribution >= 0.6 is 34.8 Å². The summed E-state index contributed by atoms with van der Waals surface area (Å²) in [4.78, 5) is 31.5. The van der Waals surface area contributed by atoms with E-state index in [0.717, 1.165) is 5.69 Å². The monoisotopic (exact) mass is 466 g/mol. The Hall–Kier alpha value is -2.48. The topological polar surface area (TPSA) is 69.4 Å². The molecule has 2 aromatic heterocycles.